The second kappa shape index (κ2) is 11.3. The van der Waals surface area contributed by atoms with E-state index in [2.05, 4.69) is 104 Å². The minimum atomic E-state index is 0. The van der Waals surface area contributed by atoms with Gasteiger partial charge in [-0.05, 0) is 47.4 Å². The predicted octanol–water partition coefficient (Wildman–Crippen LogP) is 9.38. The molecule has 4 nitrogen and oxygen atoms in total. The van der Waals surface area contributed by atoms with Crippen molar-refractivity contribution in [3.8, 4) is 45.2 Å². The molecular formula is C38H30N3OPt-. The maximum absolute atomic E-state index is 10.8. The smallest absolute Gasteiger partial charge is 0.148 e. The Morgan fingerprint density at radius 3 is 2.26 bits per heavy atom. The Kier molecular flexibility index (Phi) is 7.50. The van der Waals surface area contributed by atoms with E-state index in [-0.39, 0.29) is 32.2 Å². The third-order valence-electron chi connectivity index (χ3n) is 7.81. The third-order valence-corrected chi connectivity index (χ3v) is 7.81. The number of hydrogen-bond acceptors (Lipinski definition) is 3. The molecule has 0 bridgehead atoms. The summed E-state index contributed by atoms with van der Waals surface area (Å²) in [6.07, 6.45) is 1.89. The molecule has 2 aromatic heterocycles. The number of imidazole rings is 1. The number of phenols is 1. The Balaban J connectivity index is 0.00000329. The Hall–Kier alpha value is -4.53. The summed E-state index contributed by atoms with van der Waals surface area (Å²) in [6, 6.07) is 42.4. The molecular weight excluding hydrogens is 710 g/mol. The Labute approximate surface area is 266 Å². The average Bonchev–Trinajstić information content (AvgIpc) is 3.40. The number of hydrogen-bond donors (Lipinski definition) is 1. The molecule has 5 aromatic carbocycles. The van der Waals surface area contributed by atoms with Crippen LogP contribution >= 0.6 is 0 Å². The van der Waals surface area contributed by atoms with Gasteiger partial charge in [0.15, 0.2) is 0 Å². The zero-order chi connectivity index (χ0) is 28.8. The summed E-state index contributed by atoms with van der Waals surface area (Å²) in [4.78, 5) is 9.99. The molecule has 214 valence electrons. The summed E-state index contributed by atoms with van der Waals surface area (Å²) in [5.74, 6) is 0.873. The molecule has 7 aromatic rings. The number of para-hydroxylation sites is 3. The molecule has 0 atom stereocenters. The Morgan fingerprint density at radius 1 is 0.744 bits per heavy atom. The van der Waals surface area contributed by atoms with Crippen molar-refractivity contribution in [1.82, 2.24) is 14.5 Å². The molecule has 0 aliphatic heterocycles. The zero-order valence-corrected chi connectivity index (χ0v) is 26.4. The van der Waals surface area contributed by atoms with Gasteiger partial charge in [-0.3, -0.25) is 9.55 Å². The first-order valence-electron chi connectivity index (χ1n) is 14.2. The van der Waals surface area contributed by atoms with Crippen LogP contribution in [0.15, 0.2) is 121 Å². The van der Waals surface area contributed by atoms with Gasteiger partial charge in [-0.25, -0.2) is 4.98 Å². The zero-order valence-electron chi connectivity index (χ0n) is 24.2. The van der Waals surface area contributed by atoms with Crippen LogP contribution in [0.3, 0.4) is 0 Å². The number of nitrogens with zero attached hydrogens (tertiary/aromatic N) is 3. The second-order valence-corrected chi connectivity index (χ2v) is 11.6. The van der Waals surface area contributed by atoms with Crippen molar-refractivity contribution >= 4 is 21.8 Å². The molecule has 0 radical (unpaired) electrons. The number of benzene rings is 5. The molecule has 7 rings (SSSR count). The van der Waals surface area contributed by atoms with Crippen LogP contribution in [0, 0.1) is 6.07 Å². The molecule has 2 heterocycles. The van der Waals surface area contributed by atoms with Crippen molar-refractivity contribution in [2.75, 3.05) is 0 Å². The van der Waals surface area contributed by atoms with Crippen LogP contribution in [0.1, 0.15) is 26.3 Å². The summed E-state index contributed by atoms with van der Waals surface area (Å²) in [6.45, 7) is 6.66. The van der Waals surface area contributed by atoms with E-state index in [1.54, 1.807) is 6.07 Å². The first-order valence-corrected chi connectivity index (χ1v) is 14.2. The maximum Gasteiger partial charge on any atom is 0.148 e. The summed E-state index contributed by atoms with van der Waals surface area (Å²) in [5, 5.41) is 13.1. The minimum Gasteiger partial charge on any atom is -0.507 e. The topological polar surface area (TPSA) is 50.9 Å². The van der Waals surface area contributed by atoms with Crippen molar-refractivity contribution in [3.05, 3.63) is 133 Å². The standard InChI is InChI=1S/C38H30N3O.Pt/c1-38(2,3)27-20-21-39-33(24-27)32-23-26(22-25-12-7-8-15-29(25)32)30-17-11-18-34-36(30)40-37(31-16-9-10-19-35(31)42)41(34)28-13-5-4-6-14-28;/h4-22,24,42H,1-3H3;/q-1;. The van der Waals surface area contributed by atoms with Gasteiger partial charge in [-0.15, -0.1) is 17.7 Å². The molecule has 0 unspecified atom stereocenters. The number of phenolic OH excluding ortho intramolecular Hbond substituents is 1. The van der Waals surface area contributed by atoms with Crippen LogP contribution < -0.4 is 0 Å². The molecule has 0 saturated heterocycles. The third kappa shape index (κ3) is 5.17. The van der Waals surface area contributed by atoms with Gasteiger partial charge in [0.25, 0.3) is 0 Å². The van der Waals surface area contributed by atoms with Crippen molar-refractivity contribution in [2.24, 2.45) is 0 Å². The van der Waals surface area contributed by atoms with Gasteiger partial charge < -0.3 is 5.11 Å². The van der Waals surface area contributed by atoms with Crippen LogP contribution in [0.2, 0.25) is 0 Å². The fourth-order valence-electron chi connectivity index (χ4n) is 5.62. The van der Waals surface area contributed by atoms with E-state index in [0.29, 0.717) is 11.4 Å². The molecule has 0 saturated carbocycles. The van der Waals surface area contributed by atoms with Crippen LogP contribution in [0.5, 0.6) is 5.75 Å². The van der Waals surface area contributed by atoms with Gasteiger partial charge in [0.05, 0.1) is 16.6 Å². The van der Waals surface area contributed by atoms with Crippen LogP contribution in [0.4, 0.5) is 0 Å². The molecule has 0 fully saturated rings. The fraction of sp³-hybridized carbons (Fsp3) is 0.105. The monoisotopic (exact) mass is 739 g/mol. The molecule has 0 aliphatic carbocycles. The van der Waals surface area contributed by atoms with Gasteiger partial charge in [0, 0.05) is 38.6 Å². The van der Waals surface area contributed by atoms with Crippen LogP contribution in [-0.4, -0.2) is 19.6 Å². The normalized spacial score (nSPS) is 11.5. The number of aromatic nitrogens is 3. The summed E-state index contributed by atoms with van der Waals surface area (Å²) >= 11 is 0. The van der Waals surface area contributed by atoms with Gasteiger partial charge in [-0.1, -0.05) is 115 Å². The van der Waals surface area contributed by atoms with E-state index in [0.717, 1.165) is 49.9 Å². The first kappa shape index (κ1) is 28.6. The number of aromatic hydroxyl groups is 1. The van der Waals surface area contributed by atoms with E-state index in [1.807, 2.05) is 42.6 Å². The van der Waals surface area contributed by atoms with Gasteiger partial charge >= 0.3 is 0 Å². The van der Waals surface area contributed by atoms with Crippen molar-refractivity contribution in [2.45, 2.75) is 26.2 Å². The largest absolute Gasteiger partial charge is 0.507 e. The molecule has 0 spiro atoms. The van der Waals surface area contributed by atoms with Gasteiger partial charge in [0.2, 0.25) is 0 Å². The van der Waals surface area contributed by atoms with Gasteiger partial charge in [-0.2, -0.15) is 0 Å². The Bertz CT molecular complexity index is 2090. The van der Waals surface area contributed by atoms with Crippen LogP contribution in [0.25, 0.3) is 61.3 Å². The van der Waals surface area contributed by atoms with Gasteiger partial charge in [0.1, 0.15) is 11.6 Å². The molecule has 1 N–H and O–H groups in total. The van der Waals surface area contributed by atoms with E-state index in [4.69, 9.17) is 9.97 Å². The summed E-state index contributed by atoms with van der Waals surface area (Å²) in [5.41, 5.74) is 8.45. The fourth-order valence-corrected chi connectivity index (χ4v) is 5.62. The number of rotatable bonds is 4. The van der Waals surface area contributed by atoms with Crippen molar-refractivity contribution in [3.63, 3.8) is 0 Å². The number of pyridine rings is 1. The van der Waals surface area contributed by atoms with Crippen LogP contribution in [-0.2, 0) is 26.5 Å². The summed E-state index contributed by atoms with van der Waals surface area (Å²) in [7, 11) is 0. The molecule has 0 aliphatic rings. The minimum absolute atomic E-state index is 0. The molecule has 43 heavy (non-hydrogen) atoms. The van der Waals surface area contributed by atoms with E-state index in [1.165, 1.54) is 5.56 Å². The first-order chi connectivity index (χ1) is 20.4. The molecule has 0 amide bonds. The summed E-state index contributed by atoms with van der Waals surface area (Å²) < 4.78 is 2.12. The van der Waals surface area contributed by atoms with E-state index >= 15 is 0 Å². The SMILES string of the molecule is CC(C)(C)c1ccnc(-c2[c-]c(-c3cccc4c3nc(-c3ccccc3O)n4-c3ccccc3)cc3ccccc23)c1.[Pt]. The van der Waals surface area contributed by atoms with Crippen molar-refractivity contribution in [1.29, 1.82) is 0 Å². The Morgan fingerprint density at radius 2 is 1.47 bits per heavy atom. The predicted molar refractivity (Wildman–Crippen MR) is 172 cm³/mol. The van der Waals surface area contributed by atoms with E-state index < -0.39 is 0 Å². The second-order valence-electron chi connectivity index (χ2n) is 11.6. The number of fused-ring (bicyclic) bond motifs is 2. The quantitative estimate of drug-likeness (QED) is 0.183. The average molecular weight is 740 g/mol. The maximum atomic E-state index is 10.8. The molecule has 5 heteroatoms. The van der Waals surface area contributed by atoms with E-state index in [9.17, 15) is 5.11 Å². The van der Waals surface area contributed by atoms with Crippen molar-refractivity contribution < 1.29 is 26.2 Å².